The molecule has 1 heterocycles. The minimum Gasteiger partial charge on any atom is -0.396 e. The number of aromatic nitrogens is 3. The van der Waals surface area contributed by atoms with Gasteiger partial charge in [0.15, 0.2) is 5.69 Å². The van der Waals surface area contributed by atoms with Gasteiger partial charge >= 0.3 is 0 Å². The Morgan fingerprint density at radius 2 is 1.76 bits per heavy atom. The van der Waals surface area contributed by atoms with Crippen LogP contribution >= 0.6 is 0 Å². The summed E-state index contributed by atoms with van der Waals surface area (Å²) in [6.45, 7) is 0.0867. The van der Waals surface area contributed by atoms with Crippen LogP contribution in [-0.4, -0.2) is 32.6 Å². The van der Waals surface area contributed by atoms with Crippen LogP contribution in [0.5, 0.6) is 0 Å². The van der Waals surface area contributed by atoms with Crippen LogP contribution in [0.1, 0.15) is 34.9 Å². The largest absolute Gasteiger partial charge is 0.396 e. The van der Waals surface area contributed by atoms with E-state index in [1.54, 1.807) is 10.9 Å². The van der Waals surface area contributed by atoms with Crippen LogP contribution in [-0.2, 0) is 0 Å². The van der Waals surface area contributed by atoms with Gasteiger partial charge in [-0.2, -0.15) is 0 Å². The van der Waals surface area contributed by atoms with Gasteiger partial charge in [-0.3, -0.25) is 4.79 Å². The molecule has 1 aromatic heterocycles. The van der Waals surface area contributed by atoms with E-state index in [0.29, 0.717) is 12.8 Å². The van der Waals surface area contributed by atoms with Gasteiger partial charge in [0.05, 0.1) is 17.9 Å². The minimum absolute atomic E-state index is 0.0867. The number of nitrogens with zero attached hydrogens (tertiary/aromatic N) is 3. The molecule has 3 rings (SSSR count). The van der Waals surface area contributed by atoms with E-state index in [0.717, 1.165) is 11.3 Å². The highest BCUT2D eigenvalue weighted by Crippen LogP contribution is 2.18. The summed E-state index contributed by atoms with van der Waals surface area (Å²) >= 11 is 0. The Morgan fingerprint density at radius 1 is 1.08 bits per heavy atom. The van der Waals surface area contributed by atoms with Gasteiger partial charge in [0.2, 0.25) is 0 Å². The normalized spacial score (nSPS) is 11.9. The molecule has 25 heavy (non-hydrogen) atoms. The molecule has 3 aromatic rings. The number of nitrogens with one attached hydrogen (secondary N) is 1. The monoisotopic (exact) mass is 336 g/mol. The Labute approximate surface area is 146 Å². The molecular formula is C19H20N4O2. The average molecular weight is 336 g/mol. The SMILES string of the molecule is O=C(NC(CCCO)c1ccccc1)c1cn(-c2ccccc2)nn1. The zero-order chi connectivity index (χ0) is 17.5. The molecule has 0 radical (unpaired) electrons. The highest BCUT2D eigenvalue weighted by molar-refractivity contribution is 5.92. The highest BCUT2D eigenvalue weighted by Gasteiger charge is 2.18. The van der Waals surface area contributed by atoms with Gasteiger partial charge in [-0.25, -0.2) is 4.68 Å². The number of hydrogen-bond donors (Lipinski definition) is 2. The van der Waals surface area contributed by atoms with Crippen molar-refractivity contribution in [2.75, 3.05) is 6.61 Å². The molecule has 0 aliphatic heterocycles. The molecule has 0 fully saturated rings. The molecule has 0 saturated heterocycles. The number of benzene rings is 2. The molecule has 2 aromatic carbocycles. The van der Waals surface area contributed by atoms with Gasteiger partial charge in [-0.1, -0.05) is 53.7 Å². The first-order chi connectivity index (χ1) is 12.3. The smallest absolute Gasteiger partial charge is 0.273 e. The van der Waals surface area contributed by atoms with Crippen LogP contribution in [0, 0.1) is 0 Å². The van der Waals surface area contributed by atoms with E-state index in [4.69, 9.17) is 5.11 Å². The fourth-order valence-electron chi connectivity index (χ4n) is 2.61. The summed E-state index contributed by atoms with van der Waals surface area (Å²) in [5.74, 6) is -0.283. The Balaban J connectivity index is 1.74. The second-order valence-corrected chi connectivity index (χ2v) is 5.69. The second-order valence-electron chi connectivity index (χ2n) is 5.69. The molecule has 1 atom stereocenters. The van der Waals surface area contributed by atoms with Crippen molar-refractivity contribution >= 4 is 5.91 Å². The van der Waals surface area contributed by atoms with Crippen LogP contribution in [0.15, 0.2) is 66.9 Å². The summed E-state index contributed by atoms with van der Waals surface area (Å²) in [7, 11) is 0. The third-order valence-corrected chi connectivity index (χ3v) is 3.90. The first-order valence-corrected chi connectivity index (χ1v) is 8.22. The fraction of sp³-hybridized carbons (Fsp3) is 0.211. The lowest BCUT2D eigenvalue weighted by molar-refractivity contribution is 0.0927. The molecule has 0 saturated carbocycles. The fourth-order valence-corrected chi connectivity index (χ4v) is 2.61. The van der Waals surface area contributed by atoms with E-state index in [2.05, 4.69) is 15.6 Å². The zero-order valence-corrected chi connectivity index (χ0v) is 13.7. The highest BCUT2D eigenvalue weighted by atomic mass is 16.3. The van der Waals surface area contributed by atoms with E-state index in [1.807, 2.05) is 60.7 Å². The van der Waals surface area contributed by atoms with Crippen molar-refractivity contribution in [3.05, 3.63) is 78.1 Å². The standard InChI is InChI=1S/C19H20N4O2/c24-13-7-12-17(15-8-3-1-4-9-15)20-19(25)18-14-23(22-21-18)16-10-5-2-6-11-16/h1-6,8-11,14,17,24H,7,12-13H2,(H,20,25). The van der Waals surface area contributed by atoms with Gasteiger partial charge < -0.3 is 10.4 Å². The van der Waals surface area contributed by atoms with Crippen LogP contribution in [0.25, 0.3) is 5.69 Å². The van der Waals surface area contributed by atoms with Crippen LogP contribution in [0.3, 0.4) is 0 Å². The van der Waals surface area contributed by atoms with Crippen molar-refractivity contribution in [1.29, 1.82) is 0 Å². The van der Waals surface area contributed by atoms with Crippen molar-refractivity contribution < 1.29 is 9.90 Å². The summed E-state index contributed by atoms with van der Waals surface area (Å²) < 4.78 is 1.57. The molecule has 1 unspecified atom stereocenters. The Bertz CT molecular complexity index is 803. The Kier molecular flexibility index (Phi) is 5.53. The van der Waals surface area contributed by atoms with Gasteiger partial charge in [-0.05, 0) is 30.5 Å². The third kappa shape index (κ3) is 4.30. The van der Waals surface area contributed by atoms with E-state index < -0.39 is 0 Å². The molecule has 1 amide bonds. The number of carbonyl (C=O) groups excluding carboxylic acids is 1. The summed E-state index contributed by atoms with van der Waals surface area (Å²) in [5.41, 5.74) is 2.10. The van der Waals surface area contributed by atoms with E-state index in [-0.39, 0.29) is 24.2 Å². The maximum atomic E-state index is 12.5. The number of aliphatic hydroxyl groups excluding tert-OH is 1. The summed E-state index contributed by atoms with van der Waals surface area (Å²) in [6, 6.07) is 19.0. The summed E-state index contributed by atoms with van der Waals surface area (Å²) in [6.07, 6.45) is 2.87. The van der Waals surface area contributed by atoms with Crippen LogP contribution < -0.4 is 5.32 Å². The van der Waals surface area contributed by atoms with Crippen molar-refractivity contribution in [3.63, 3.8) is 0 Å². The van der Waals surface area contributed by atoms with Gasteiger partial charge in [0.1, 0.15) is 0 Å². The molecule has 2 N–H and O–H groups in total. The van der Waals surface area contributed by atoms with Gasteiger partial charge in [-0.15, -0.1) is 5.10 Å². The third-order valence-electron chi connectivity index (χ3n) is 3.90. The lowest BCUT2D eigenvalue weighted by Gasteiger charge is -2.18. The number of rotatable bonds is 7. The first kappa shape index (κ1) is 16.9. The van der Waals surface area contributed by atoms with Crippen molar-refractivity contribution in [2.24, 2.45) is 0 Å². The molecule has 0 aliphatic carbocycles. The maximum absolute atomic E-state index is 12.5. The molecule has 6 nitrogen and oxygen atoms in total. The van der Waals surface area contributed by atoms with Gasteiger partial charge in [0, 0.05) is 6.61 Å². The molecular weight excluding hydrogens is 316 g/mol. The number of amides is 1. The topological polar surface area (TPSA) is 80.0 Å². The number of carbonyl (C=O) groups is 1. The van der Waals surface area contributed by atoms with Crippen LogP contribution in [0.2, 0.25) is 0 Å². The van der Waals surface area contributed by atoms with Crippen molar-refractivity contribution in [2.45, 2.75) is 18.9 Å². The molecule has 0 aliphatic rings. The first-order valence-electron chi connectivity index (χ1n) is 8.22. The summed E-state index contributed by atoms with van der Waals surface area (Å²) in [4.78, 5) is 12.5. The Morgan fingerprint density at radius 3 is 2.44 bits per heavy atom. The van der Waals surface area contributed by atoms with Gasteiger partial charge in [0.25, 0.3) is 5.91 Å². The predicted molar refractivity (Wildman–Crippen MR) is 94.3 cm³/mol. The Hall–Kier alpha value is -2.99. The lowest BCUT2D eigenvalue weighted by Crippen LogP contribution is -2.29. The zero-order valence-electron chi connectivity index (χ0n) is 13.7. The average Bonchev–Trinajstić information content (AvgIpc) is 3.17. The molecule has 0 spiro atoms. The van der Waals surface area contributed by atoms with Crippen molar-refractivity contribution in [3.8, 4) is 5.69 Å². The van der Waals surface area contributed by atoms with E-state index in [1.165, 1.54) is 0 Å². The predicted octanol–water partition coefficient (Wildman–Crippen LogP) is 2.51. The lowest BCUT2D eigenvalue weighted by atomic mass is 10.0. The van der Waals surface area contributed by atoms with E-state index in [9.17, 15) is 4.79 Å². The second kappa shape index (κ2) is 8.21. The van der Waals surface area contributed by atoms with Crippen molar-refractivity contribution in [1.82, 2.24) is 20.3 Å². The van der Waals surface area contributed by atoms with E-state index >= 15 is 0 Å². The number of aliphatic hydroxyl groups is 1. The number of para-hydroxylation sites is 1. The van der Waals surface area contributed by atoms with Crippen LogP contribution in [0.4, 0.5) is 0 Å². The molecule has 0 bridgehead atoms. The molecule has 128 valence electrons. The quantitative estimate of drug-likeness (QED) is 0.695. The minimum atomic E-state index is -0.283. The maximum Gasteiger partial charge on any atom is 0.273 e. The molecule has 6 heteroatoms. The number of hydrogen-bond acceptors (Lipinski definition) is 4. The summed E-state index contributed by atoms with van der Waals surface area (Å²) in [5, 5.41) is 20.1.